The Morgan fingerprint density at radius 3 is 2.33 bits per heavy atom. The van der Waals surface area contributed by atoms with Gasteiger partial charge in [0.25, 0.3) is 5.56 Å². The van der Waals surface area contributed by atoms with E-state index in [-0.39, 0.29) is 24.3 Å². The zero-order valence-electron chi connectivity index (χ0n) is 13.5. The second kappa shape index (κ2) is 7.38. The Balaban J connectivity index is 2.24. The highest BCUT2D eigenvalue weighted by Crippen LogP contribution is 2.49. The standard InChI is InChI=1S/C11H17N4O8P/c1-13-9-8(10(16)14(2)11(13)17)15(7-12-9)5-6-21-24(18,22-19-3)23-20-4/h7H,5-6H2,1-4H3. The van der Waals surface area contributed by atoms with Crippen LogP contribution < -0.4 is 11.2 Å². The topological polar surface area (TPSA) is 125 Å². The Hall–Kier alpha value is -1.82. The summed E-state index contributed by atoms with van der Waals surface area (Å²) in [5.41, 5.74) is -0.554. The van der Waals surface area contributed by atoms with Crippen LogP contribution in [-0.2, 0) is 48.9 Å². The fraction of sp³-hybridized carbons (Fsp3) is 0.545. The summed E-state index contributed by atoms with van der Waals surface area (Å²) < 4.78 is 29.4. The van der Waals surface area contributed by atoms with E-state index in [1.807, 2.05) is 0 Å². The van der Waals surface area contributed by atoms with Gasteiger partial charge in [0, 0.05) is 20.6 Å². The van der Waals surface area contributed by atoms with E-state index >= 15 is 0 Å². The van der Waals surface area contributed by atoms with Gasteiger partial charge in [-0.25, -0.2) is 24.1 Å². The van der Waals surface area contributed by atoms with E-state index < -0.39 is 19.1 Å². The Labute approximate surface area is 135 Å². The van der Waals surface area contributed by atoms with Gasteiger partial charge in [0.05, 0.1) is 27.2 Å². The smallest absolute Gasteiger partial charge is 0.322 e. The van der Waals surface area contributed by atoms with E-state index in [0.29, 0.717) is 0 Å². The minimum atomic E-state index is -4.05. The van der Waals surface area contributed by atoms with E-state index in [2.05, 4.69) is 24.1 Å². The van der Waals surface area contributed by atoms with Gasteiger partial charge in [-0.05, 0) is 0 Å². The molecule has 134 valence electrons. The van der Waals surface area contributed by atoms with Gasteiger partial charge < -0.3 is 4.57 Å². The molecular formula is C11H17N4O8P. The van der Waals surface area contributed by atoms with Crippen molar-refractivity contribution in [2.24, 2.45) is 14.1 Å². The highest BCUT2D eigenvalue weighted by Gasteiger charge is 2.29. The molecule has 2 aromatic heterocycles. The Kier molecular flexibility index (Phi) is 5.70. The van der Waals surface area contributed by atoms with Crippen LogP contribution in [0.2, 0.25) is 0 Å². The third-order valence-corrected chi connectivity index (χ3v) is 4.29. The van der Waals surface area contributed by atoms with E-state index in [0.717, 1.165) is 18.8 Å². The first-order valence-corrected chi connectivity index (χ1v) is 8.11. The quantitative estimate of drug-likeness (QED) is 0.353. The molecule has 2 rings (SSSR count). The molecule has 0 bridgehead atoms. The molecule has 0 radical (unpaired) electrons. The second-order valence-electron chi connectivity index (χ2n) is 4.58. The molecule has 0 aliphatic rings. The van der Waals surface area contributed by atoms with Crippen LogP contribution in [0.25, 0.3) is 11.2 Å². The number of aromatic nitrogens is 4. The summed E-state index contributed by atoms with van der Waals surface area (Å²) in [6, 6.07) is 0. The second-order valence-corrected chi connectivity index (χ2v) is 6.03. The summed E-state index contributed by atoms with van der Waals surface area (Å²) in [5, 5.41) is 0. The Morgan fingerprint density at radius 1 is 1.12 bits per heavy atom. The normalized spacial score (nSPS) is 12.2. The fourth-order valence-corrected chi connectivity index (χ4v) is 2.84. The van der Waals surface area contributed by atoms with Gasteiger partial charge in [0.15, 0.2) is 11.2 Å². The highest BCUT2D eigenvalue weighted by molar-refractivity contribution is 7.48. The van der Waals surface area contributed by atoms with Crippen LogP contribution in [0.15, 0.2) is 15.9 Å². The molecule has 12 nitrogen and oxygen atoms in total. The lowest BCUT2D eigenvalue weighted by atomic mass is 10.5. The predicted molar refractivity (Wildman–Crippen MR) is 80.0 cm³/mol. The third kappa shape index (κ3) is 3.48. The summed E-state index contributed by atoms with van der Waals surface area (Å²) in [6.45, 7) is -0.0739. The number of fused-ring (bicyclic) bond motifs is 1. The van der Waals surface area contributed by atoms with Gasteiger partial charge in [0.1, 0.15) is 0 Å². The fourth-order valence-electron chi connectivity index (χ4n) is 2.06. The molecule has 0 saturated carbocycles. The average Bonchev–Trinajstić information content (AvgIpc) is 2.95. The van der Waals surface area contributed by atoms with Crippen molar-refractivity contribution in [3.63, 3.8) is 0 Å². The molecule has 13 heteroatoms. The first-order chi connectivity index (χ1) is 11.3. The third-order valence-electron chi connectivity index (χ3n) is 3.13. The van der Waals surface area contributed by atoms with Gasteiger partial charge in [0.2, 0.25) is 0 Å². The van der Waals surface area contributed by atoms with E-state index in [1.165, 1.54) is 29.6 Å². The maximum Gasteiger partial charge on any atom is 0.529 e. The molecule has 0 saturated heterocycles. The summed E-state index contributed by atoms with van der Waals surface area (Å²) in [5.74, 6) is 0. The lowest BCUT2D eigenvalue weighted by molar-refractivity contribution is -0.259. The van der Waals surface area contributed by atoms with E-state index in [4.69, 9.17) is 4.52 Å². The molecular weight excluding hydrogens is 347 g/mol. The van der Waals surface area contributed by atoms with Crippen molar-refractivity contribution in [2.45, 2.75) is 6.54 Å². The minimum Gasteiger partial charge on any atom is -0.322 e. The molecule has 24 heavy (non-hydrogen) atoms. The van der Waals surface area contributed by atoms with Crippen molar-refractivity contribution >= 4 is 19.0 Å². The highest BCUT2D eigenvalue weighted by atomic mass is 31.2. The molecule has 0 N–H and O–H groups in total. The number of rotatable bonds is 8. The van der Waals surface area contributed by atoms with Crippen LogP contribution in [-0.4, -0.2) is 39.5 Å². The van der Waals surface area contributed by atoms with Crippen LogP contribution >= 0.6 is 7.82 Å². The first-order valence-electron chi connectivity index (χ1n) is 6.65. The number of imidazole rings is 1. The molecule has 2 heterocycles. The van der Waals surface area contributed by atoms with Gasteiger partial charge in [-0.15, -0.1) is 9.35 Å². The maximum absolute atomic E-state index is 12.3. The summed E-state index contributed by atoms with van der Waals surface area (Å²) in [7, 11) is 1.07. The lowest BCUT2D eigenvalue weighted by Gasteiger charge is -2.13. The Bertz CT molecular complexity index is 875. The van der Waals surface area contributed by atoms with Crippen LogP contribution in [0.1, 0.15) is 0 Å². The molecule has 2 aromatic rings. The SMILES string of the molecule is COOP(=O)(OCCn1cnc2c1c(=O)n(C)c(=O)n2C)OOC. The van der Waals surface area contributed by atoms with Crippen LogP contribution in [0.4, 0.5) is 0 Å². The van der Waals surface area contributed by atoms with Gasteiger partial charge >= 0.3 is 13.5 Å². The number of hydrogen-bond acceptors (Lipinski definition) is 9. The zero-order valence-corrected chi connectivity index (χ0v) is 14.4. The van der Waals surface area contributed by atoms with Crippen molar-refractivity contribution in [3.8, 4) is 0 Å². The molecule has 0 spiro atoms. The first kappa shape index (κ1) is 18.5. The van der Waals surface area contributed by atoms with Crippen molar-refractivity contribution in [1.82, 2.24) is 18.7 Å². The van der Waals surface area contributed by atoms with Gasteiger partial charge in [-0.2, -0.15) is 0 Å². The number of phosphoric acid groups is 1. The molecule has 0 aliphatic carbocycles. The number of aryl methyl sites for hydroxylation is 1. The largest absolute Gasteiger partial charge is 0.529 e. The monoisotopic (exact) mass is 364 g/mol. The van der Waals surface area contributed by atoms with Gasteiger partial charge in [-0.3, -0.25) is 18.5 Å². The van der Waals surface area contributed by atoms with E-state index in [9.17, 15) is 14.2 Å². The van der Waals surface area contributed by atoms with Crippen LogP contribution in [0, 0.1) is 0 Å². The van der Waals surface area contributed by atoms with Crippen molar-refractivity contribution in [3.05, 3.63) is 27.2 Å². The summed E-state index contributed by atoms with van der Waals surface area (Å²) in [6.07, 6.45) is 1.37. The zero-order chi connectivity index (χ0) is 17.9. The summed E-state index contributed by atoms with van der Waals surface area (Å²) >= 11 is 0. The van der Waals surface area contributed by atoms with Gasteiger partial charge in [-0.1, -0.05) is 0 Å². The number of hydrogen-bond donors (Lipinski definition) is 0. The molecule has 0 fully saturated rings. The molecule has 0 unspecified atom stereocenters. The van der Waals surface area contributed by atoms with Crippen molar-refractivity contribution < 1.29 is 28.2 Å². The van der Waals surface area contributed by atoms with Crippen LogP contribution in [0.5, 0.6) is 0 Å². The van der Waals surface area contributed by atoms with Crippen molar-refractivity contribution in [2.75, 3.05) is 20.8 Å². The van der Waals surface area contributed by atoms with E-state index in [1.54, 1.807) is 0 Å². The lowest BCUT2D eigenvalue weighted by Crippen LogP contribution is -2.37. The molecule has 0 aromatic carbocycles. The Morgan fingerprint density at radius 2 is 1.75 bits per heavy atom. The summed E-state index contributed by atoms with van der Waals surface area (Å²) in [4.78, 5) is 36.7. The molecule has 0 atom stereocenters. The predicted octanol–water partition coefficient (Wildman–Crippen LogP) is -0.286. The minimum absolute atomic E-state index is 0.0914. The van der Waals surface area contributed by atoms with Crippen molar-refractivity contribution in [1.29, 1.82) is 0 Å². The average molecular weight is 364 g/mol. The maximum atomic E-state index is 12.3. The molecule has 0 aliphatic heterocycles. The van der Waals surface area contributed by atoms with Crippen LogP contribution in [0.3, 0.4) is 0 Å². The number of nitrogens with zero attached hydrogens (tertiary/aromatic N) is 4. The molecule has 0 amide bonds.